The standard InChI is InChI=1S/C18H20N2O/c1-13-6-5-7-14(10-13)11-16-18(21)19-12-17(20-16)15-8-3-2-4-9-15/h2-10,16-17,20H,11-12H2,1H3,(H,19,21)/t16-,17-/m0/s1. The first kappa shape index (κ1) is 13.8. The fourth-order valence-corrected chi connectivity index (χ4v) is 2.83. The molecule has 108 valence electrons. The van der Waals surface area contributed by atoms with Crippen LogP contribution in [-0.4, -0.2) is 18.5 Å². The van der Waals surface area contributed by atoms with Crippen LogP contribution in [0.1, 0.15) is 22.7 Å². The normalized spacial score (nSPS) is 21.9. The largest absolute Gasteiger partial charge is 0.353 e. The van der Waals surface area contributed by atoms with E-state index in [9.17, 15) is 4.79 Å². The topological polar surface area (TPSA) is 41.1 Å². The van der Waals surface area contributed by atoms with Crippen molar-refractivity contribution < 1.29 is 4.79 Å². The summed E-state index contributed by atoms with van der Waals surface area (Å²) < 4.78 is 0. The number of nitrogens with one attached hydrogen (secondary N) is 2. The molecule has 0 aromatic heterocycles. The molecule has 0 radical (unpaired) electrons. The molecular weight excluding hydrogens is 260 g/mol. The third kappa shape index (κ3) is 3.31. The average molecular weight is 280 g/mol. The van der Waals surface area contributed by atoms with Crippen LogP contribution in [0.2, 0.25) is 0 Å². The fraction of sp³-hybridized carbons (Fsp3) is 0.278. The van der Waals surface area contributed by atoms with Gasteiger partial charge in [0.05, 0.1) is 12.1 Å². The van der Waals surface area contributed by atoms with Gasteiger partial charge < -0.3 is 5.32 Å². The van der Waals surface area contributed by atoms with Crippen molar-refractivity contribution >= 4 is 5.91 Å². The molecule has 3 rings (SSSR count). The van der Waals surface area contributed by atoms with E-state index in [4.69, 9.17) is 0 Å². The van der Waals surface area contributed by atoms with Crippen molar-refractivity contribution in [3.8, 4) is 0 Å². The number of hydrogen-bond donors (Lipinski definition) is 2. The minimum Gasteiger partial charge on any atom is -0.353 e. The van der Waals surface area contributed by atoms with Gasteiger partial charge in [0.15, 0.2) is 0 Å². The van der Waals surface area contributed by atoms with E-state index in [2.05, 4.69) is 47.9 Å². The van der Waals surface area contributed by atoms with Gasteiger partial charge >= 0.3 is 0 Å². The summed E-state index contributed by atoms with van der Waals surface area (Å²) in [6.45, 7) is 2.72. The Morgan fingerprint density at radius 1 is 1.10 bits per heavy atom. The minimum absolute atomic E-state index is 0.0867. The van der Waals surface area contributed by atoms with E-state index in [1.54, 1.807) is 0 Å². The molecule has 0 saturated carbocycles. The van der Waals surface area contributed by atoms with Crippen molar-refractivity contribution in [2.75, 3.05) is 6.54 Å². The van der Waals surface area contributed by atoms with Gasteiger partial charge in [0, 0.05) is 6.54 Å². The molecule has 1 aliphatic rings. The maximum atomic E-state index is 12.1. The number of carbonyl (C=O) groups excluding carboxylic acids is 1. The summed E-state index contributed by atoms with van der Waals surface area (Å²) in [5.74, 6) is 0.0867. The number of piperazine rings is 1. The van der Waals surface area contributed by atoms with Crippen molar-refractivity contribution in [2.45, 2.75) is 25.4 Å². The van der Waals surface area contributed by atoms with Gasteiger partial charge in [-0.3, -0.25) is 10.1 Å². The molecule has 3 heteroatoms. The highest BCUT2D eigenvalue weighted by Gasteiger charge is 2.28. The van der Waals surface area contributed by atoms with Crippen molar-refractivity contribution in [1.29, 1.82) is 0 Å². The molecule has 21 heavy (non-hydrogen) atoms. The van der Waals surface area contributed by atoms with E-state index in [0.29, 0.717) is 6.54 Å². The predicted molar refractivity (Wildman–Crippen MR) is 84.0 cm³/mol. The lowest BCUT2D eigenvalue weighted by atomic mass is 9.98. The van der Waals surface area contributed by atoms with E-state index in [1.807, 2.05) is 24.3 Å². The summed E-state index contributed by atoms with van der Waals surface area (Å²) in [5, 5.41) is 6.49. The molecule has 1 saturated heterocycles. The lowest BCUT2D eigenvalue weighted by Gasteiger charge is -2.31. The minimum atomic E-state index is -0.175. The maximum Gasteiger partial charge on any atom is 0.237 e. The van der Waals surface area contributed by atoms with Crippen molar-refractivity contribution in [3.05, 3.63) is 71.3 Å². The summed E-state index contributed by atoms with van der Waals surface area (Å²) in [5.41, 5.74) is 3.63. The first-order valence-corrected chi connectivity index (χ1v) is 7.36. The Morgan fingerprint density at radius 2 is 1.90 bits per heavy atom. The van der Waals surface area contributed by atoms with Crippen LogP contribution in [0.25, 0.3) is 0 Å². The van der Waals surface area contributed by atoms with Gasteiger partial charge in [0.1, 0.15) is 0 Å². The molecule has 0 bridgehead atoms. The van der Waals surface area contributed by atoms with Crippen LogP contribution in [-0.2, 0) is 11.2 Å². The lowest BCUT2D eigenvalue weighted by molar-refractivity contribution is -0.125. The monoisotopic (exact) mass is 280 g/mol. The lowest BCUT2D eigenvalue weighted by Crippen LogP contribution is -2.55. The third-order valence-electron chi connectivity index (χ3n) is 3.92. The highest BCUT2D eigenvalue weighted by molar-refractivity contribution is 5.83. The van der Waals surface area contributed by atoms with Gasteiger partial charge in [-0.05, 0) is 24.5 Å². The van der Waals surface area contributed by atoms with Gasteiger partial charge in [-0.25, -0.2) is 0 Å². The molecule has 2 aromatic carbocycles. The van der Waals surface area contributed by atoms with Crippen molar-refractivity contribution in [2.24, 2.45) is 0 Å². The van der Waals surface area contributed by atoms with Gasteiger partial charge in [-0.2, -0.15) is 0 Å². The summed E-state index contributed by atoms with van der Waals surface area (Å²) in [4.78, 5) is 12.1. The van der Waals surface area contributed by atoms with E-state index < -0.39 is 0 Å². The van der Waals surface area contributed by atoms with Crippen molar-refractivity contribution in [3.63, 3.8) is 0 Å². The van der Waals surface area contributed by atoms with Crippen molar-refractivity contribution in [1.82, 2.24) is 10.6 Å². The Balaban J connectivity index is 1.73. The van der Waals surface area contributed by atoms with Crippen LogP contribution in [0, 0.1) is 6.92 Å². The van der Waals surface area contributed by atoms with Crippen LogP contribution in [0.15, 0.2) is 54.6 Å². The van der Waals surface area contributed by atoms with Gasteiger partial charge in [0.25, 0.3) is 0 Å². The van der Waals surface area contributed by atoms with Gasteiger partial charge in [-0.1, -0.05) is 60.2 Å². The molecule has 1 amide bonds. The molecule has 2 atom stereocenters. The molecule has 0 unspecified atom stereocenters. The summed E-state index contributed by atoms with van der Waals surface area (Å²) in [6.07, 6.45) is 0.719. The van der Waals surface area contributed by atoms with Gasteiger partial charge in [-0.15, -0.1) is 0 Å². The number of amides is 1. The van der Waals surface area contributed by atoms with Crippen LogP contribution < -0.4 is 10.6 Å². The Bertz CT molecular complexity index is 624. The Kier molecular flexibility index (Phi) is 4.02. The smallest absolute Gasteiger partial charge is 0.237 e. The zero-order chi connectivity index (χ0) is 14.7. The molecule has 1 aliphatic heterocycles. The fourth-order valence-electron chi connectivity index (χ4n) is 2.83. The number of aryl methyl sites for hydroxylation is 1. The second-order valence-electron chi connectivity index (χ2n) is 5.62. The molecule has 2 N–H and O–H groups in total. The van der Waals surface area contributed by atoms with E-state index in [1.165, 1.54) is 16.7 Å². The zero-order valence-corrected chi connectivity index (χ0v) is 12.2. The Labute approximate surface area is 125 Å². The number of hydrogen-bond acceptors (Lipinski definition) is 2. The summed E-state index contributed by atoms with van der Waals surface area (Å²) in [6, 6.07) is 18.6. The Morgan fingerprint density at radius 3 is 2.67 bits per heavy atom. The van der Waals surface area contributed by atoms with Crippen LogP contribution in [0.3, 0.4) is 0 Å². The SMILES string of the molecule is Cc1cccc(C[C@@H]2N[C@H](c3ccccc3)CNC2=O)c1. The molecule has 0 spiro atoms. The van der Waals surface area contributed by atoms with E-state index in [0.717, 1.165) is 6.42 Å². The summed E-state index contributed by atoms with van der Waals surface area (Å²) >= 11 is 0. The molecular formula is C18H20N2O. The number of carbonyl (C=O) groups is 1. The third-order valence-corrected chi connectivity index (χ3v) is 3.92. The van der Waals surface area contributed by atoms with E-state index in [-0.39, 0.29) is 18.0 Å². The zero-order valence-electron chi connectivity index (χ0n) is 12.2. The molecule has 0 aliphatic carbocycles. The molecule has 1 heterocycles. The molecule has 2 aromatic rings. The first-order valence-electron chi connectivity index (χ1n) is 7.36. The Hall–Kier alpha value is -2.13. The predicted octanol–water partition coefficient (Wildman–Crippen LogP) is 2.37. The summed E-state index contributed by atoms with van der Waals surface area (Å²) in [7, 11) is 0. The first-order chi connectivity index (χ1) is 10.2. The second kappa shape index (κ2) is 6.10. The van der Waals surface area contributed by atoms with Crippen LogP contribution in [0.5, 0.6) is 0 Å². The average Bonchev–Trinajstić information content (AvgIpc) is 2.50. The number of benzene rings is 2. The molecule has 1 fully saturated rings. The van der Waals surface area contributed by atoms with Crippen LogP contribution in [0.4, 0.5) is 0 Å². The highest BCUT2D eigenvalue weighted by atomic mass is 16.2. The second-order valence-corrected chi connectivity index (χ2v) is 5.62. The van der Waals surface area contributed by atoms with Gasteiger partial charge in [0.2, 0.25) is 5.91 Å². The molecule has 3 nitrogen and oxygen atoms in total. The van der Waals surface area contributed by atoms with Crippen LogP contribution >= 0.6 is 0 Å². The maximum absolute atomic E-state index is 12.1. The highest BCUT2D eigenvalue weighted by Crippen LogP contribution is 2.17. The number of rotatable bonds is 3. The quantitative estimate of drug-likeness (QED) is 0.906. The van der Waals surface area contributed by atoms with E-state index >= 15 is 0 Å².